The fourth-order valence-corrected chi connectivity index (χ4v) is 2.56. The van der Waals surface area contributed by atoms with Crippen molar-refractivity contribution in [2.45, 2.75) is 6.92 Å². The molecule has 0 aliphatic carbocycles. The van der Waals surface area contributed by atoms with Crippen LogP contribution in [0.4, 0.5) is 20.7 Å². The van der Waals surface area contributed by atoms with E-state index in [1.54, 1.807) is 6.07 Å². The van der Waals surface area contributed by atoms with Crippen LogP contribution in [0.2, 0.25) is 0 Å². The lowest BCUT2D eigenvalue weighted by atomic mass is 10.2. The molecular weight excluding hydrogens is 299 g/mol. The second-order valence-corrected chi connectivity index (χ2v) is 5.28. The number of pyridine rings is 1. The Kier molecular flexibility index (Phi) is 4.57. The van der Waals surface area contributed by atoms with Gasteiger partial charge in [-0.25, -0.2) is 14.2 Å². The SMILES string of the molecule is CCNC(=O)Nc1cc(F)c2nc(N3CCOCC3)ccc2c1. The monoisotopic (exact) mass is 318 g/mol. The van der Waals surface area contributed by atoms with E-state index in [9.17, 15) is 9.18 Å². The Hall–Kier alpha value is -2.41. The minimum Gasteiger partial charge on any atom is -0.378 e. The molecule has 1 aliphatic rings. The molecule has 7 heteroatoms. The number of anilines is 2. The molecular formula is C16H19FN4O2. The lowest BCUT2D eigenvalue weighted by molar-refractivity contribution is 0.122. The number of rotatable bonds is 3. The summed E-state index contributed by atoms with van der Waals surface area (Å²) in [6.45, 7) is 5.12. The number of aromatic nitrogens is 1. The summed E-state index contributed by atoms with van der Waals surface area (Å²) in [4.78, 5) is 18.0. The summed E-state index contributed by atoms with van der Waals surface area (Å²) >= 11 is 0. The maximum atomic E-state index is 14.4. The molecule has 6 nitrogen and oxygen atoms in total. The first kappa shape index (κ1) is 15.5. The van der Waals surface area contributed by atoms with Crippen LogP contribution in [0.5, 0.6) is 0 Å². The maximum absolute atomic E-state index is 14.4. The van der Waals surface area contributed by atoms with Crippen LogP contribution in [0.15, 0.2) is 24.3 Å². The first-order valence-corrected chi connectivity index (χ1v) is 7.65. The van der Waals surface area contributed by atoms with E-state index in [1.807, 2.05) is 19.1 Å². The Bertz CT molecular complexity index is 717. The molecule has 1 aromatic heterocycles. The molecule has 1 saturated heterocycles. The largest absolute Gasteiger partial charge is 0.378 e. The van der Waals surface area contributed by atoms with E-state index < -0.39 is 5.82 Å². The number of carbonyl (C=O) groups excluding carboxylic acids is 1. The number of urea groups is 1. The Balaban J connectivity index is 1.88. The van der Waals surface area contributed by atoms with Crippen molar-refractivity contribution in [1.29, 1.82) is 0 Å². The summed E-state index contributed by atoms with van der Waals surface area (Å²) in [7, 11) is 0. The number of carbonyl (C=O) groups is 1. The van der Waals surface area contributed by atoms with Crippen molar-refractivity contribution in [3.8, 4) is 0 Å². The highest BCUT2D eigenvalue weighted by atomic mass is 19.1. The zero-order valence-electron chi connectivity index (χ0n) is 12.9. The molecule has 1 aromatic carbocycles. The first-order chi connectivity index (χ1) is 11.2. The normalized spacial score (nSPS) is 14.8. The molecule has 0 radical (unpaired) electrons. The van der Waals surface area contributed by atoms with E-state index in [0.717, 1.165) is 18.9 Å². The van der Waals surface area contributed by atoms with Crippen LogP contribution in [-0.4, -0.2) is 43.9 Å². The lowest BCUT2D eigenvalue weighted by Crippen LogP contribution is -2.36. The van der Waals surface area contributed by atoms with Crippen molar-refractivity contribution in [2.75, 3.05) is 43.1 Å². The molecule has 0 atom stereocenters. The van der Waals surface area contributed by atoms with Gasteiger partial charge in [0, 0.05) is 30.7 Å². The Morgan fingerprint density at radius 2 is 2.13 bits per heavy atom. The van der Waals surface area contributed by atoms with Gasteiger partial charge in [-0.2, -0.15) is 0 Å². The molecule has 3 rings (SSSR count). The van der Waals surface area contributed by atoms with E-state index in [1.165, 1.54) is 6.07 Å². The van der Waals surface area contributed by atoms with Crippen molar-refractivity contribution < 1.29 is 13.9 Å². The molecule has 2 aromatic rings. The number of fused-ring (bicyclic) bond motifs is 1. The highest BCUT2D eigenvalue weighted by molar-refractivity contribution is 5.93. The zero-order valence-corrected chi connectivity index (χ0v) is 12.9. The van der Waals surface area contributed by atoms with Gasteiger partial charge in [0.2, 0.25) is 0 Å². The summed E-state index contributed by atoms with van der Waals surface area (Å²) in [5.74, 6) is 0.286. The fourth-order valence-electron chi connectivity index (χ4n) is 2.56. The molecule has 23 heavy (non-hydrogen) atoms. The van der Waals surface area contributed by atoms with Gasteiger partial charge in [0.05, 0.1) is 13.2 Å². The van der Waals surface area contributed by atoms with Crippen LogP contribution in [0.3, 0.4) is 0 Å². The minimum atomic E-state index is -0.454. The smallest absolute Gasteiger partial charge is 0.319 e. The number of ether oxygens (including phenoxy) is 1. The Morgan fingerprint density at radius 3 is 2.87 bits per heavy atom. The summed E-state index contributed by atoms with van der Waals surface area (Å²) in [5, 5.41) is 5.86. The van der Waals surface area contributed by atoms with Gasteiger partial charge >= 0.3 is 6.03 Å². The number of amides is 2. The molecule has 122 valence electrons. The van der Waals surface area contributed by atoms with Crippen LogP contribution < -0.4 is 15.5 Å². The predicted octanol–water partition coefficient (Wildman–Crippen LogP) is 2.35. The lowest BCUT2D eigenvalue weighted by Gasteiger charge is -2.28. The minimum absolute atomic E-state index is 0.301. The number of hydrogen-bond donors (Lipinski definition) is 2. The van der Waals surface area contributed by atoms with E-state index >= 15 is 0 Å². The van der Waals surface area contributed by atoms with Crippen molar-refractivity contribution >= 4 is 28.4 Å². The maximum Gasteiger partial charge on any atom is 0.319 e. The van der Waals surface area contributed by atoms with Crippen molar-refractivity contribution in [3.05, 3.63) is 30.1 Å². The Labute approximate surface area is 133 Å². The molecule has 2 amide bonds. The van der Waals surface area contributed by atoms with Gasteiger partial charge in [-0.1, -0.05) is 0 Å². The van der Waals surface area contributed by atoms with Crippen molar-refractivity contribution in [3.63, 3.8) is 0 Å². The molecule has 0 unspecified atom stereocenters. The van der Waals surface area contributed by atoms with Gasteiger partial charge in [0.15, 0.2) is 5.82 Å². The van der Waals surface area contributed by atoms with Crippen LogP contribution in [0.1, 0.15) is 6.92 Å². The fraction of sp³-hybridized carbons (Fsp3) is 0.375. The molecule has 0 saturated carbocycles. The number of hydrogen-bond acceptors (Lipinski definition) is 4. The third-order valence-corrected chi connectivity index (χ3v) is 3.66. The molecule has 2 N–H and O–H groups in total. The van der Waals surface area contributed by atoms with Crippen LogP contribution >= 0.6 is 0 Å². The molecule has 1 aliphatic heterocycles. The standard InChI is InChI=1S/C16H19FN4O2/c1-2-18-16(22)19-12-9-11-3-4-14(20-15(11)13(17)10-12)21-5-7-23-8-6-21/h3-4,9-10H,2,5-8H2,1H3,(H2,18,19,22). The number of halogens is 1. The average Bonchev–Trinajstić information content (AvgIpc) is 2.55. The molecule has 0 bridgehead atoms. The van der Waals surface area contributed by atoms with Gasteiger partial charge < -0.3 is 20.3 Å². The van der Waals surface area contributed by atoms with Crippen LogP contribution in [-0.2, 0) is 4.74 Å². The number of benzene rings is 1. The molecule has 1 fully saturated rings. The van der Waals surface area contributed by atoms with Crippen LogP contribution in [0, 0.1) is 5.82 Å². The number of morpholine rings is 1. The average molecular weight is 318 g/mol. The van der Waals surface area contributed by atoms with E-state index in [0.29, 0.717) is 36.3 Å². The number of nitrogens with one attached hydrogen (secondary N) is 2. The van der Waals surface area contributed by atoms with E-state index in [2.05, 4.69) is 20.5 Å². The molecule has 2 heterocycles. The quantitative estimate of drug-likeness (QED) is 0.912. The summed E-state index contributed by atoms with van der Waals surface area (Å²) < 4.78 is 19.7. The number of nitrogens with zero attached hydrogens (tertiary/aromatic N) is 2. The van der Waals surface area contributed by atoms with Gasteiger partial charge in [-0.3, -0.25) is 0 Å². The second-order valence-electron chi connectivity index (χ2n) is 5.28. The predicted molar refractivity (Wildman–Crippen MR) is 87.4 cm³/mol. The van der Waals surface area contributed by atoms with E-state index in [-0.39, 0.29) is 6.03 Å². The summed E-state index contributed by atoms with van der Waals surface area (Å²) in [6.07, 6.45) is 0. The van der Waals surface area contributed by atoms with Crippen LogP contribution in [0.25, 0.3) is 10.9 Å². The first-order valence-electron chi connectivity index (χ1n) is 7.65. The van der Waals surface area contributed by atoms with Gasteiger partial charge in [-0.15, -0.1) is 0 Å². The third-order valence-electron chi connectivity index (χ3n) is 3.66. The van der Waals surface area contributed by atoms with Gasteiger partial charge in [0.1, 0.15) is 11.3 Å². The van der Waals surface area contributed by atoms with E-state index in [4.69, 9.17) is 4.74 Å². The topological polar surface area (TPSA) is 66.5 Å². The Morgan fingerprint density at radius 1 is 1.35 bits per heavy atom. The summed E-state index contributed by atoms with van der Waals surface area (Å²) in [5.41, 5.74) is 0.706. The van der Waals surface area contributed by atoms with Gasteiger partial charge in [0.25, 0.3) is 0 Å². The van der Waals surface area contributed by atoms with Crippen molar-refractivity contribution in [1.82, 2.24) is 10.3 Å². The summed E-state index contributed by atoms with van der Waals surface area (Å²) in [6, 6.07) is 6.32. The highest BCUT2D eigenvalue weighted by Gasteiger charge is 2.14. The second kappa shape index (κ2) is 6.78. The van der Waals surface area contributed by atoms with Crippen molar-refractivity contribution in [2.24, 2.45) is 0 Å². The van der Waals surface area contributed by atoms with Gasteiger partial charge in [-0.05, 0) is 31.2 Å². The molecule has 0 spiro atoms. The third kappa shape index (κ3) is 3.50. The highest BCUT2D eigenvalue weighted by Crippen LogP contribution is 2.25. The zero-order chi connectivity index (χ0) is 16.2.